The summed E-state index contributed by atoms with van der Waals surface area (Å²) in [6, 6.07) is 7.82. The first-order chi connectivity index (χ1) is 8.19. The molecule has 1 N–H and O–H groups in total. The van der Waals surface area contributed by atoms with Crippen molar-refractivity contribution in [3.05, 3.63) is 24.3 Å². The van der Waals surface area contributed by atoms with Crippen LogP contribution in [0.3, 0.4) is 0 Å². The van der Waals surface area contributed by atoms with Crippen molar-refractivity contribution in [2.45, 2.75) is 26.9 Å². The molecule has 3 heteroatoms. The van der Waals surface area contributed by atoms with Crippen LogP contribution in [0.2, 0.25) is 0 Å². The molecule has 0 spiro atoms. The number of nitrogens with one attached hydrogen (secondary N) is 1. The molecule has 0 radical (unpaired) electrons. The molecule has 0 fully saturated rings. The van der Waals surface area contributed by atoms with Crippen LogP contribution in [0.5, 0.6) is 11.5 Å². The summed E-state index contributed by atoms with van der Waals surface area (Å²) >= 11 is 0. The summed E-state index contributed by atoms with van der Waals surface area (Å²) < 4.78 is 11.6. The molecule has 1 unspecified atom stereocenters. The summed E-state index contributed by atoms with van der Waals surface area (Å²) in [5.41, 5.74) is 0. The Morgan fingerprint density at radius 2 is 1.82 bits per heavy atom. The first-order valence-corrected chi connectivity index (χ1v) is 6.22. The Labute approximate surface area is 104 Å². The van der Waals surface area contributed by atoms with Gasteiger partial charge in [-0.15, -0.1) is 0 Å². The molecule has 0 saturated carbocycles. The number of benzene rings is 1. The molecule has 1 atom stereocenters. The summed E-state index contributed by atoms with van der Waals surface area (Å²) in [6.45, 7) is 7.78. The normalized spacial score (nSPS) is 12.5. The summed E-state index contributed by atoms with van der Waals surface area (Å²) in [7, 11) is 1.94. The maximum absolute atomic E-state index is 6.01. The lowest BCUT2D eigenvalue weighted by atomic mass is 10.1. The average molecular weight is 237 g/mol. The fourth-order valence-electron chi connectivity index (χ4n) is 1.60. The number of para-hydroxylation sites is 2. The summed E-state index contributed by atoms with van der Waals surface area (Å²) in [4.78, 5) is 0. The Hall–Kier alpha value is -1.22. The molecule has 1 aromatic rings. The highest BCUT2D eigenvalue weighted by Crippen LogP contribution is 2.28. The molecule has 0 heterocycles. The average Bonchev–Trinajstić information content (AvgIpc) is 2.31. The summed E-state index contributed by atoms with van der Waals surface area (Å²) in [5, 5.41) is 3.16. The fraction of sp³-hybridized carbons (Fsp3) is 0.571. The van der Waals surface area contributed by atoms with E-state index < -0.39 is 0 Å². The van der Waals surface area contributed by atoms with Crippen molar-refractivity contribution in [3.8, 4) is 11.5 Å². The van der Waals surface area contributed by atoms with Gasteiger partial charge >= 0.3 is 0 Å². The first-order valence-electron chi connectivity index (χ1n) is 6.22. The minimum absolute atomic E-state index is 0.154. The van der Waals surface area contributed by atoms with Crippen molar-refractivity contribution in [3.63, 3.8) is 0 Å². The zero-order valence-corrected chi connectivity index (χ0v) is 11.2. The van der Waals surface area contributed by atoms with Crippen LogP contribution in [0.25, 0.3) is 0 Å². The molecule has 0 amide bonds. The molecular formula is C14H23NO2. The molecule has 0 saturated heterocycles. The van der Waals surface area contributed by atoms with E-state index in [1.165, 1.54) is 0 Å². The maximum Gasteiger partial charge on any atom is 0.161 e. The van der Waals surface area contributed by atoms with E-state index in [2.05, 4.69) is 19.2 Å². The standard InChI is InChI=1S/C14H23NO2/c1-5-16-12-8-6-7-9-13(12)17-14(10-15-4)11(2)3/h6-9,11,14-15H,5,10H2,1-4H3. The Bertz CT molecular complexity index is 326. The minimum atomic E-state index is 0.154. The highest BCUT2D eigenvalue weighted by molar-refractivity contribution is 5.39. The van der Waals surface area contributed by atoms with Crippen molar-refractivity contribution in [2.24, 2.45) is 5.92 Å². The van der Waals surface area contributed by atoms with Crippen LogP contribution in [0.1, 0.15) is 20.8 Å². The van der Waals surface area contributed by atoms with Crippen LogP contribution in [-0.4, -0.2) is 26.3 Å². The van der Waals surface area contributed by atoms with E-state index >= 15 is 0 Å². The predicted molar refractivity (Wildman–Crippen MR) is 70.8 cm³/mol. The van der Waals surface area contributed by atoms with Crippen molar-refractivity contribution in [1.29, 1.82) is 0 Å². The smallest absolute Gasteiger partial charge is 0.161 e. The van der Waals surface area contributed by atoms with E-state index in [-0.39, 0.29) is 6.10 Å². The fourth-order valence-corrected chi connectivity index (χ4v) is 1.60. The molecule has 17 heavy (non-hydrogen) atoms. The number of likely N-dealkylation sites (N-methyl/N-ethyl adjacent to an activating group) is 1. The van der Waals surface area contributed by atoms with Crippen molar-refractivity contribution in [2.75, 3.05) is 20.2 Å². The van der Waals surface area contributed by atoms with E-state index in [0.717, 1.165) is 18.0 Å². The number of hydrogen-bond acceptors (Lipinski definition) is 3. The van der Waals surface area contributed by atoms with Gasteiger partial charge in [-0.1, -0.05) is 26.0 Å². The van der Waals surface area contributed by atoms with E-state index in [9.17, 15) is 0 Å². The van der Waals surface area contributed by atoms with Gasteiger partial charge in [-0.25, -0.2) is 0 Å². The second-order valence-electron chi connectivity index (χ2n) is 4.34. The molecule has 0 aromatic heterocycles. The Morgan fingerprint density at radius 1 is 1.18 bits per heavy atom. The van der Waals surface area contributed by atoms with Gasteiger partial charge in [0.1, 0.15) is 6.10 Å². The molecule has 0 aliphatic carbocycles. The first kappa shape index (κ1) is 13.8. The monoisotopic (exact) mass is 237 g/mol. The highest BCUT2D eigenvalue weighted by atomic mass is 16.5. The second kappa shape index (κ2) is 7.17. The number of ether oxygens (including phenoxy) is 2. The van der Waals surface area contributed by atoms with Crippen LogP contribution in [0, 0.1) is 5.92 Å². The highest BCUT2D eigenvalue weighted by Gasteiger charge is 2.16. The second-order valence-corrected chi connectivity index (χ2v) is 4.34. The lowest BCUT2D eigenvalue weighted by Crippen LogP contribution is -2.33. The van der Waals surface area contributed by atoms with Crippen LogP contribution in [0.15, 0.2) is 24.3 Å². The third-order valence-corrected chi connectivity index (χ3v) is 2.58. The maximum atomic E-state index is 6.01. The topological polar surface area (TPSA) is 30.5 Å². The molecule has 1 aromatic carbocycles. The Morgan fingerprint density at radius 3 is 2.35 bits per heavy atom. The molecule has 3 nitrogen and oxygen atoms in total. The largest absolute Gasteiger partial charge is 0.490 e. The Balaban J connectivity index is 2.77. The quantitative estimate of drug-likeness (QED) is 0.791. The van der Waals surface area contributed by atoms with Crippen LogP contribution in [-0.2, 0) is 0 Å². The van der Waals surface area contributed by atoms with Gasteiger partial charge in [0, 0.05) is 6.54 Å². The predicted octanol–water partition coefficient (Wildman–Crippen LogP) is 2.71. The lowest BCUT2D eigenvalue weighted by molar-refractivity contribution is 0.144. The minimum Gasteiger partial charge on any atom is -0.490 e. The van der Waals surface area contributed by atoms with E-state index in [0.29, 0.717) is 12.5 Å². The van der Waals surface area contributed by atoms with E-state index in [1.54, 1.807) is 0 Å². The van der Waals surface area contributed by atoms with Crippen molar-refractivity contribution < 1.29 is 9.47 Å². The number of rotatable bonds is 7. The van der Waals surface area contributed by atoms with Gasteiger partial charge in [-0.05, 0) is 32.0 Å². The summed E-state index contributed by atoms with van der Waals surface area (Å²) in [5.74, 6) is 2.09. The molecular weight excluding hydrogens is 214 g/mol. The molecule has 96 valence electrons. The molecule has 1 rings (SSSR count). The van der Waals surface area contributed by atoms with Crippen LogP contribution >= 0.6 is 0 Å². The van der Waals surface area contributed by atoms with Gasteiger partial charge in [0.2, 0.25) is 0 Å². The zero-order chi connectivity index (χ0) is 12.7. The van der Waals surface area contributed by atoms with Crippen LogP contribution < -0.4 is 14.8 Å². The van der Waals surface area contributed by atoms with Crippen molar-refractivity contribution in [1.82, 2.24) is 5.32 Å². The molecule has 0 aliphatic heterocycles. The van der Waals surface area contributed by atoms with Crippen LogP contribution in [0.4, 0.5) is 0 Å². The Kier molecular flexibility index (Phi) is 5.84. The zero-order valence-electron chi connectivity index (χ0n) is 11.2. The molecule has 0 bridgehead atoms. The third kappa shape index (κ3) is 4.27. The van der Waals surface area contributed by atoms with E-state index in [4.69, 9.17) is 9.47 Å². The van der Waals surface area contributed by atoms with Gasteiger partial charge in [-0.2, -0.15) is 0 Å². The van der Waals surface area contributed by atoms with Gasteiger partial charge in [0.15, 0.2) is 11.5 Å². The number of hydrogen-bond donors (Lipinski definition) is 1. The summed E-state index contributed by atoms with van der Waals surface area (Å²) in [6.07, 6.45) is 0.154. The van der Waals surface area contributed by atoms with E-state index in [1.807, 2.05) is 38.2 Å². The van der Waals surface area contributed by atoms with Gasteiger partial charge in [-0.3, -0.25) is 0 Å². The SMILES string of the molecule is CCOc1ccccc1OC(CNC)C(C)C. The lowest BCUT2D eigenvalue weighted by Gasteiger charge is -2.23. The van der Waals surface area contributed by atoms with Gasteiger partial charge < -0.3 is 14.8 Å². The van der Waals surface area contributed by atoms with Gasteiger partial charge in [0.05, 0.1) is 6.61 Å². The van der Waals surface area contributed by atoms with Crippen molar-refractivity contribution >= 4 is 0 Å². The molecule has 0 aliphatic rings. The van der Waals surface area contributed by atoms with Gasteiger partial charge in [0.25, 0.3) is 0 Å². The third-order valence-electron chi connectivity index (χ3n) is 2.58.